The van der Waals surface area contributed by atoms with Crippen LogP contribution in [-0.4, -0.2) is 27.8 Å². The van der Waals surface area contributed by atoms with Gasteiger partial charge in [-0.1, -0.05) is 12.1 Å². The Morgan fingerprint density at radius 2 is 2.33 bits per heavy atom. The van der Waals surface area contributed by atoms with E-state index in [4.69, 9.17) is 14.0 Å². The molecule has 0 fully saturated rings. The molecule has 1 unspecified atom stereocenters. The Morgan fingerprint density at radius 3 is 3.05 bits per heavy atom. The number of hydrogen-bond donors (Lipinski definition) is 2. The fraction of sp³-hybridized carbons (Fsp3) is 0.500. The molecule has 2 aromatic rings. The molecule has 0 aliphatic rings. The number of carboxylic acid groups (broad SMARTS) is 1. The van der Waals surface area contributed by atoms with Crippen LogP contribution in [0.2, 0.25) is 0 Å². The molecule has 2 rings (SSSR count). The lowest BCUT2D eigenvalue weighted by atomic mass is 10.0. The summed E-state index contributed by atoms with van der Waals surface area (Å²) in [4.78, 5) is 14.7. The highest BCUT2D eigenvalue weighted by Gasteiger charge is 2.11. The van der Waals surface area contributed by atoms with E-state index in [1.807, 2.05) is 6.92 Å². The van der Waals surface area contributed by atoms with Crippen LogP contribution >= 0.6 is 0 Å². The molecule has 2 aromatic heterocycles. The zero-order chi connectivity index (χ0) is 15.1. The number of aromatic nitrogens is 2. The van der Waals surface area contributed by atoms with Crippen molar-refractivity contribution in [2.24, 2.45) is 5.92 Å². The van der Waals surface area contributed by atoms with Crippen LogP contribution in [-0.2, 0) is 11.3 Å². The van der Waals surface area contributed by atoms with Crippen LogP contribution < -0.4 is 5.32 Å². The van der Waals surface area contributed by atoms with Crippen LogP contribution in [0.25, 0.3) is 11.7 Å². The fourth-order valence-corrected chi connectivity index (χ4v) is 1.89. The van der Waals surface area contributed by atoms with Crippen molar-refractivity contribution in [1.82, 2.24) is 15.5 Å². The van der Waals surface area contributed by atoms with Crippen LogP contribution in [0.3, 0.4) is 0 Å². The Bertz CT molecular complexity index is 550. The summed E-state index contributed by atoms with van der Waals surface area (Å²) in [6, 6.07) is 3.52. The highest BCUT2D eigenvalue weighted by Crippen LogP contribution is 2.16. The number of furan rings is 1. The third-order valence-electron chi connectivity index (χ3n) is 3.15. The fourth-order valence-electron chi connectivity index (χ4n) is 1.89. The second kappa shape index (κ2) is 7.58. The van der Waals surface area contributed by atoms with Gasteiger partial charge in [-0.2, -0.15) is 4.98 Å². The number of nitrogens with one attached hydrogen (secondary N) is 1. The number of carbonyl (C=O) groups is 1. The van der Waals surface area contributed by atoms with E-state index in [0.29, 0.717) is 36.4 Å². The van der Waals surface area contributed by atoms with E-state index < -0.39 is 5.97 Å². The third-order valence-corrected chi connectivity index (χ3v) is 3.15. The summed E-state index contributed by atoms with van der Waals surface area (Å²) in [7, 11) is 0. The Morgan fingerprint density at radius 1 is 1.48 bits per heavy atom. The van der Waals surface area contributed by atoms with Gasteiger partial charge in [0.25, 0.3) is 5.89 Å². The van der Waals surface area contributed by atoms with Gasteiger partial charge in [0, 0.05) is 6.42 Å². The maximum atomic E-state index is 10.5. The van der Waals surface area contributed by atoms with E-state index in [1.165, 1.54) is 0 Å². The number of carboxylic acids is 1. The first-order valence-electron chi connectivity index (χ1n) is 6.94. The summed E-state index contributed by atoms with van der Waals surface area (Å²) in [5.74, 6) is 1.12. The normalized spacial score (nSPS) is 12.4. The molecule has 1 atom stereocenters. The van der Waals surface area contributed by atoms with E-state index in [2.05, 4.69) is 15.5 Å². The molecule has 0 aliphatic heterocycles. The van der Waals surface area contributed by atoms with Crippen LogP contribution in [0.5, 0.6) is 0 Å². The Labute approximate surface area is 122 Å². The second-order valence-corrected chi connectivity index (χ2v) is 5.00. The SMILES string of the molecule is CC(CCNCc1noc(-c2ccco2)n1)CCC(=O)O. The van der Waals surface area contributed by atoms with E-state index in [-0.39, 0.29) is 6.42 Å². The smallest absolute Gasteiger partial charge is 0.303 e. The average Bonchev–Trinajstić information content (AvgIpc) is 3.11. The summed E-state index contributed by atoms with van der Waals surface area (Å²) in [6.07, 6.45) is 3.38. The minimum Gasteiger partial charge on any atom is -0.481 e. The lowest BCUT2D eigenvalue weighted by Gasteiger charge is -2.09. The van der Waals surface area contributed by atoms with Gasteiger partial charge in [0.2, 0.25) is 0 Å². The average molecular weight is 293 g/mol. The molecule has 114 valence electrons. The largest absolute Gasteiger partial charge is 0.481 e. The van der Waals surface area contributed by atoms with Crippen LogP contribution in [0.4, 0.5) is 0 Å². The number of rotatable bonds is 9. The Hall–Kier alpha value is -2.15. The van der Waals surface area contributed by atoms with Crippen LogP contribution in [0, 0.1) is 5.92 Å². The molecule has 2 heterocycles. The monoisotopic (exact) mass is 293 g/mol. The van der Waals surface area contributed by atoms with E-state index >= 15 is 0 Å². The van der Waals surface area contributed by atoms with Gasteiger partial charge in [-0.25, -0.2) is 0 Å². The van der Waals surface area contributed by atoms with E-state index in [1.54, 1.807) is 18.4 Å². The van der Waals surface area contributed by atoms with Gasteiger partial charge in [0.05, 0.1) is 12.8 Å². The van der Waals surface area contributed by atoms with Crippen molar-refractivity contribution < 1.29 is 18.8 Å². The number of aliphatic carboxylic acids is 1. The summed E-state index contributed by atoms with van der Waals surface area (Å²) in [5.41, 5.74) is 0. The number of hydrogen-bond acceptors (Lipinski definition) is 6. The van der Waals surface area contributed by atoms with Crippen LogP contribution in [0.15, 0.2) is 27.3 Å². The van der Waals surface area contributed by atoms with E-state index in [9.17, 15) is 4.79 Å². The quantitative estimate of drug-likeness (QED) is 0.684. The zero-order valence-corrected chi connectivity index (χ0v) is 11.9. The van der Waals surface area contributed by atoms with Gasteiger partial charge < -0.3 is 19.4 Å². The molecule has 7 heteroatoms. The highest BCUT2D eigenvalue weighted by atomic mass is 16.5. The molecule has 0 saturated carbocycles. The molecule has 0 amide bonds. The molecule has 0 aromatic carbocycles. The first-order chi connectivity index (χ1) is 10.1. The Balaban J connectivity index is 1.66. The summed E-state index contributed by atoms with van der Waals surface area (Å²) < 4.78 is 10.3. The zero-order valence-electron chi connectivity index (χ0n) is 11.9. The highest BCUT2D eigenvalue weighted by molar-refractivity contribution is 5.66. The predicted molar refractivity (Wildman–Crippen MR) is 74.4 cm³/mol. The van der Waals surface area contributed by atoms with Crippen molar-refractivity contribution in [2.75, 3.05) is 6.54 Å². The van der Waals surface area contributed by atoms with Gasteiger partial charge in [-0.05, 0) is 37.4 Å². The van der Waals surface area contributed by atoms with Crippen molar-refractivity contribution in [3.05, 3.63) is 24.2 Å². The van der Waals surface area contributed by atoms with E-state index in [0.717, 1.165) is 13.0 Å². The summed E-state index contributed by atoms with van der Waals surface area (Å²) in [6.45, 7) is 3.34. The predicted octanol–water partition coefficient (Wildman–Crippen LogP) is 2.31. The molecule has 21 heavy (non-hydrogen) atoms. The standard InChI is InChI=1S/C14H19N3O4/c1-10(4-5-13(18)19)6-7-15-9-12-16-14(21-17-12)11-3-2-8-20-11/h2-3,8,10,15H,4-7,9H2,1H3,(H,18,19). The minimum atomic E-state index is -0.743. The third kappa shape index (κ3) is 5.03. The molecule has 0 bridgehead atoms. The molecule has 0 radical (unpaired) electrons. The molecular formula is C14H19N3O4. The van der Waals surface area contributed by atoms with Crippen molar-refractivity contribution in [3.8, 4) is 11.7 Å². The molecule has 0 saturated heterocycles. The van der Waals surface area contributed by atoms with Gasteiger partial charge in [-0.3, -0.25) is 4.79 Å². The second-order valence-electron chi connectivity index (χ2n) is 5.00. The van der Waals surface area contributed by atoms with Crippen molar-refractivity contribution in [3.63, 3.8) is 0 Å². The van der Waals surface area contributed by atoms with Crippen molar-refractivity contribution in [1.29, 1.82) is 0 Å². The van der Waals surface area contributed by atoms with Gasteiger partial charge >= 0.3 is 5.97 Å². The topological polar surface area (TPSA) is 101 Å². The van der Waals surface area contributed by atoms with Crippen LogP contribution in [0.1, 0.15) is 32.0 Å². The first-order valence-corrected chi connectivity index (χ1v) is 6.94. The first kappa shape index (κ1) is 15.2. The maximum absolute atomic E-state index is 10.5. The maximum Gasteiger partial charge on any atom is 0.303 e. The Kier molecular flexibility index (Phi) is 5.51. The lowest BCUT2D eigenvalue weighted by Crippen LogP contribution is -2.18. The number of nitrogens with zero attached hydrogens (tertiary/aromatic N) is 2. The minimum absolute atomic E-state index is 0.221. The van der Waals surface area contributed by atoms with Gasteiger partial charge in [0.1, 0.15) is 0 Å². The van der Waals surface area contributed by atoms with Crippen molar-refractivity contribution in [2.45, 2.75) is 32.7 Å². The van der Waals surface area contributed by atoms with Gasteiger partial charge in [-0.15, -0.1) is 0 Å². The molecule has 0 spiro atoms. The molecule has 7 nitrogen and oxygen atoms in total. The molecule has 2 N–H and O–H groups in total. The summed E-state index contributed by atoms with van der Waals surface area (Å²) in [5, 5.41) is 15.7. The lowest BCUT2D eigenvalue weighted by molar-refractivity contribution is -0.137. The summed E-state index contributed by atoms with van der Waals surface area (Å²) >= 11 is 0. The molecule has 0 aliphatic carbocycles. The van der Waals surface area contributed by atoms with Gasteiger partial charge in [0.15, 0.2) is 11.6 Å². The molecular weight excluding hydrogens is 274 g/mol. The van der Waals surface area contributed by atoms with Crippen molar-refractivity contribution >= 4 is 5.97 Å².